The predicted octanol–water partition coefficient (Wildman–Crippen LogP) is 5.80. The highest BCUT2D eigenvalue weighted by Gasteiger charge is 2.21. The van der Waals surface area contributed by atoms with Gasteiger partial charge in [0, 0.05) is 29.1 Å². The molecule has 3 aromatic carbocycles. The van der Waals surface area contributed by atoms with Gasteiger partial charge in [0.05, 0.1) is 22.9 Å². The van der Waals surface area contributed by atoms with E-state index in [0.29, 0.717) is 16.7 Å². The molecule has 0 atom stereocenters. The van der Waals surface area contributed by atoms with Crippen molar-refractivity contribution in [1.29, 1.82) is 5.26 Å². The fourth-order valence-electron chi connectivity index (χ4n) is 4.03. The molecule has 0 spiro atoms. The summed E-state index contributed by atoms with van der Waals surface area (Å²) >= 11 is 0. The topological polar surface area (TPSA) is 69.5 Å². The van der Waals surface area contributed by atoms with Crippen LogP contribution in [0.2, 0.25) is 0 Å². The Kier molecular flexibility index (Phi) is 4.62. The van der Waals surface area contributed by atoms with Crippen molar-refractivity contribution >= 4 is 10.8 Å². The molecule has 0 aliphatic heterocycles. The van der Waals surface area contributed by atoms with Gasteiger partial charge in [0.2, 0.25) is 0 Å². The van der Waals surface area contributed by atoms with Crippen molar-refractivity contribution in [2.75, 3.05) is 0 Å². The van der Waals surface area contributed by atoms with Gasteiger partial charge >= 0.3 is 0 Å². The maximum atomic E-state index is 13.2. The van der Waals surface area contributed by atoms with Crippen LogP contribution in [0.5, 0.6) is 0 Å². The first-order valence-electron chi connectivity index (χ1n) is 9.92. The van der Waals surface area contributed by atoms with Gasteiger partial charge in [-0.25, -0.2) is 0 Å². The van der Waals surface area contributed by atoms with Crippen molar-refractivity contribution in [2.24, 2.45) is 0 Å². The molecule has 5 aromatic rings. The van der Waals surface area contributed by atoms with Crippen molar-refractivity contribution in [2.45, 2.75) is 0 Å². The molecule has 0 radical (unpaired) electrons. The Hall–Kier alpha value is -4.49. The van der Waals surface area contributed by atoms with E-state index in [1.165, 1.54) is 0 Å². The summed E-state index contributed by atoms with van der Waals surface area (Å²) in [4.78, 5) is 20.6. The van der Waals surface area contributed by atoms with Crippen molar-refractivity contribution < 1.29 is 0 Å². The normalized spacial score (nSPS) is 10.7. The third-order valence-electron chi connectivity index (χ3n) is 5.41. The summed E-state index contributed by atoms with van der Waals surface area (Å²) in [5.74, 6) is 0. The number of H-pyrrole nitrogens is 1. The summed E-state index contributed by atoms with van der Waals surface area (Å²) in [5, 5.41) is 11.8. The summed E-state index contributed by atoms with van der Waals surface area (Å²) in [5.41, 5.74) is 4.52. The highest BCUT2D eigenvalue weighted by Crippen LogP contribution is 2.40. The Bertz CT molecular complexity index is 1510. The Morgan fingerprint density at radius 3 is 2.32 bits per heavy atom. The molecule has 0 unspecified atom stereocenters. The molecule has 2 aromatic heterocycles. The quantitative estimate of drug-likeness (QED) is 0.417. The molecule has 0 amide bonds. The molecule has 0 saturated heterocycles. The number of nitrogens with one attached hydrogen (secondary N) is 1. The van der Waals surface area contributed by atoms with Crippen LogP contribution in [0.4, 0.5) is 0 Å². The zero-order valence-electron chi connectivity index (χ0n) is 16.5. The highest BCUT2D eigenvalue weighted by atomic mass is 16.1. The lowest BCUT2D eigenvalue weighted by Gasteiger charge is -2.17. The fraction of sp³-hybridized carbons (Fsp3) is 0. The minimum atomic E-state index is -0.245. The van der Waals surface area contributed by atoms with Crippen LogP contribution < -0.4 is 5.56 Å². The van der Waals surface area contributed by atoms with Crippen LogP contribution in [0.15, 0.2) is 102 Å². The molecular weight excluding hydrogens is 382 g/mol. The molecule has 4 heteroatoms. The third-order valence-corrected chi connectivity index (χ3v) is 5.41. The van der Waals surface area contributed by atoms with Crippen molar-refractivity contribution in [3.63, 3.8) is 0 Å². The molecule has 4 nitrogen and oxygen atoms in total. The number of benzene rings is 3. The zero-order valence-corrected chi connectivity index (χ0v) is 16.5. The van der Waals surface area contributed by atoms with Crippen LogP contribution >= 0.6 is 0 Å². The number of rotatable bonds is 3. The second-order valence-electron chi connectivity index (χ2n) is 7.18. The molecule has 0 saturated carbocycles. The van der Waals surface area contributed by atoms with E-state index >= 15 is 0 Å². The molecule has 2 heterocycles. The van der Waals surface area contributed by atoms with E-state index < -0.39 is 0 Å². The zero-order chi connectivity index (χ0) is 21.2. The van der Waals surface area contributed by atoms with E-state index in [1.807, 2.05) is 60.7 Å². The van der Waals surface area contributed by atoms with Crippen molar-refractivity contribution in [3.05, 3.63) is 113 Å². The van der Waals surface area contributed by atoms with Gasteiger partial charge in [-0.3, -0.25) is 9.78 Å². The number of hydrogen-bond donors (Lipinski definition) is 1. The Morgan fingerprint density at radius 1 is 0.742 bits per heavy atom. The Balaban J connectivity index is 1.97. The molecule has 0 fully saturated rings. The van der Waals surface area contributed by atoms with E-state index in [-0.39, 0.29) is 5.56 Å². The number of fused-ring (bicyclic) bond motifs is 1. The maximum absolute atomic E-state index is 13.2. The number of aromatic nitrogens is 2. The van der Waals surface area contributed by atoms with E-state index in [9.17, 15) is 10.1 Å². The monoisotopic (exact) mass is 399 g/mol. The van der Waals surface area contributed by atoms with Gasteiger partial charge in [-0.1, -0.05) is 66.7 Å². The van der Waals surface area contributed by atoms with Crippen molar-refractivity contribution in [1.82, 2.24) is 9.97 Å². The maximum Gasteiger partial charge on any atom is 0.256 e. The fourth-order valence-corrected chi connectivity index (χ4v) is 4.03. The molecule has 0 aliphatic rings. The standard InChI is InChI=1S/C27H17N3O/c28-16-19-9-2-4-12-21(19)26-25(22-13-7-10-18-8-1-3-11-20(18)22)23(17-30-27(26)31)24-14-5-6-15-29-24/h1-15,17H,(H,30,31). The van der Waals surface area contributed by atoms with Gasteiger partial charge in [0.25, 0.3) is 5.56 Å². The van der Waals surface area contributed by atoms with Crippen LogP contribution in [0.3, 0.4) is 0 Å². The van der Waals surface area contributed by atoms with Crippen LogP contribution in [0.25, 0.3) is 44.3 Å². The van der Waals surface area contributed by atoms with Gasteiger partial charge < -0.3 is 4.98 Å². The summed E-state index contributed by atoms with van der Waals surface area (Å²) in [7, 11) is 0. The molecule has 31 heavy (non-hydrogen) atoms. The molecule has 0 bridgehead atoms. The Labute approximate surface area is 179 Å². The SMILES string of the molecule is N#Cc1ccccc1-c1c(-c2cccc3ccccc23)c(-c2ccccn2)c[nH]c1=O. The molecule has 146 valence electrons. The average Bonchev–Trinajstić information content (AvgIpc) is 2.84. The van der Waals surface area contributed by atoms with Crippen molar-refractivity contribution in [3.8, 4) is 39.6 Å². The van der Waals surface area contributed by atoms with Gasteiger partial charge in [0.15, 0.2) is 0 Å². The molecular formula is C27H17N3O. The second kappa shape index (κ2) is 7.74. The number of pyridine rings is 2. The Morgan fingerprint density at radius 2 is 1.48 bits per heavy atom. The molecule has 5 rings (SSSR count). The number of hydrogen-bond acceptors (Lipinski definition) is 3. The van der Waals surface area contributed by atoms with Crippen LogP contribution in [-0.4, -0.2) is 9.97 Å². The summed E-state index contributed by atoms with van der Waals surface area (Å²) in [6.45, 7) is 0. The second-order valence-corrected chi connectivity index (χ2v) is 7.18. The minimum absolute atomic E-state index is 0.245. The van der Waals surface area contributed by atoms with E-state index in [4.69, 9.17) is 0 Å². The first-order chi connectivity index (χ1) is 15.3. The molecule has 1 N–H and O–H groups in total. The van der Waals surface area contributed by atoms with E-state index in [1.54, 1.807) is 24.5 Å². The van der Waals surface area contributed by atoms with E-state index in [2.05, 4.69) is 28.2 Å². The summed E-state index contributed by atoms with van der Waals surface area (Å²) in [6.07, 6.45) is 3.44. The predicted molar refractivity (Wildman–Crippen MR) is 123 cm³/mol. The van der Waals surface area contributed by atoms with Crippen LogP contribution in [-0.2, 0) is 0 Å². The van der Waals surface area contributed by atoms with Crippen LogP contribution in [0, 0.1) is 11.3 Å². The van der Waals surface area contributed by atoms with E-state index in [0.717, 1.165) is 33.2 Å². The number of nitrogens with zero attached hydrogens (tertiary/aromatic N) is 2. The van der Waals surface area contributed by atoms with Gasteiger partial charge in [-0.2, -0.15) is 5.26 Å². The van der Waals surface area contributed by atoms with Gasteiger partial charge in [0.1, 0.15) is 0 Å². The lowest BCUT2D eigenvalue weighted by atomic mass is 9.87. The highest BCUT2D eigenvalue weighted by molar-refractivity contribution is 6.04. The van der Waals surface area contributed by atoms with Crippen LogP contribution in [0.1, 0.15) is 5.56 Å². The molecule has 0 aliphatic carbocycles. The summed E-state index contributed by atoms with van der Waals surface area (Å²) in [6, 6.07) is 29.3. The smallest absolute Gasteiger partial charge is 0.256 e. The lowest BCUT2D eigenvalue weighted by Crippen LogP contribution is -2.12. The largest absolute Gasteiger partial charge is 0.328 e. The lowest BCUT2D eigenvalue weighted by molar-refractivity contribution is 1.22. The number of aromatic amines is 1. The van der Waals surface area contributed by atoms with Gasteiger partial charge in [-0.05, 0) is 34.5 Å². The van der Waals surface area contributed by atoms with Gasteiger partial charge in [-0.15, -0.1) is 0 Å². The first-order valence-corrected chi connectivity index (χ1v) is 9.92. The average molecular weight is 399 g/mol. The number of nitriles is 1. The minimum Gasteiger partial charge on any atom is -0.328 e. The first kappa shape index (κ1) is 18.5. The third kappa shape index (κ3) is 3.19. The summed E-state index contributed by atoms with van der Waals surface area (Å²) < 4.78 is 0.